The predicted molar refractivity (Wildman–Crippen MR) is 99.6 cm³/mol. The highest BCUT2D eigenvalue weighted by Gasteiger charge is 2.20. The van der Waals surface area contributed by atoms with Crippen LogP contribution in [0.25, 0.3) is 0 Å². The molecule has 0 saturated carbocycles. The van der Waals surface area contributed by atoms with E-state index in [4.69, 9.17) is 0 Å². The van der Waals surface area contributed by atoms with Crippen LogP contribution in [-0.2, 0) is 6.54 Å². The zero-order chi connectivity index (χ0) is 17.6. The maximum absolute atomic E-state index is 12.1. The van der Waals surface area contributed by atoms with Crippen LogP contribution in [0.1, 0.15) is 34.3 Å². The molecule has 1 heterocycles. The summed E-state index contributed by atoms with van der Waals surface area (Å²) < 4.78 is 0. The maximum Gasteiger partial charge on any atom is 0.251 e. The Bertz CT molecular complexity index is 687. The topological polar surface area (TPSA) is 52.6 Å². The van der Waals surface area contributed by atoms with Crippen LogP contribution in [0.4, 0.5) is 0 Å². The smallest absolute Gasteiger partial charge is 0.251 e. The van der Waals surface area contributed by atoms with E-state index in [1.54, 1.807) is 24.3 Å². The number of benzene rings is 2. The van der Waals surface area contributed by atoms with E-state index in [2.05, 4.69) is 41.4 Å². The van der Waals surface area contributed by atoms with Crippen LogP contribution in [0, 0.1) is 12.8 Å². The average molecular weight is 338 g/mol. The molecule has 3 rings (SSSR count). The Labute approximate surface area is 149 Å². The number of aromatic hydroxyl groups is 1. The Morgan fingerprint density at radius 3 is 2.36 bits per heavy atom. The van der Waals surface area contributed by atoms with Gasteiger partial charge in [0.1, 0.15) is 5.75 Å². The molecule has 0 aliphatic carbocycles. The second-order valence-electron chi connectivity index (χ2n) is 6.96. The molecule has 2 aromatic carbocycles. The van der Waals surface area contributed by atoms with Gasteiger partial charge in [-0.2, -0.15) is 0 Å². The van der Waals surface area contributed by atoms with Crippen molar-refractivity contribution in [3.63, 3.8) is 0 Å². The first-order valence-electron chi connectivity index (χ1n) is 8.95. The van der Waals surface area contributed by atoms with Crippen LogP contribution in [0.5, 0.6) is 5.75 Å². The van der Waals surface area contributed by atoms with Crippen LogP contribution < -0.4 is 5.32 Å². The molecule has 1 amide bonds. The number of piperidine rings is 1. The average Bonchev–Trinajstić information content (AvgIpc) is 2.63. The van der Waals surface area contributed by atoms with Gasteiger partial charge in [-0.1, -0.05) is 29.8 Å². The van der Waals surface area contributed by atoms with Gasteiger partial charge < -0.3 is 10.4 Å². The van der Waals surface area contributed by atoms with Crippen LogP contribution in [0.15, 0.2) is 48.5 Å². The predicted octanol–water partition coefficient (Wildman–Crippen LogP) is 3.34. The highest BCUT2D eigenvalue weighted by atomic mass is 16.3. The number of nitrogens with zero attached hydrogens (tertiary/aromatic N) is 1. The third-order valence-corrected chi connectivity index (χ3v) is 4.91. The van der Waals surface area contributed by atoms with Gasteiger partial charge in [0, 0.05) is 18.7 Å². The van der Waals surface area contributed by atoms with Gasteiger partial charge in [0.2, 0.25) is 0 Å². The first-order chi connectivity index (χ1) is 12.1. The molecular formula is C21H26N2O2. The van der Waals surface area contributed by atoms with Crippen molar-refractivity contribution in [2.45, 2.75) is 26.3 Å². The number of hydrogen-bond donors (Lipinski definition) is 2. The van der Waals surface area contributed by atoms with E-state index >= 15 is 0 Å². The van der Waals surface area contributed by atoms with Gasteiger partial charge in [0.05, 0.1) is 0 Å². The Hall–Kier alpha value is -2.33. The maximum atomic E-state index is 12.1. The fourth-order valence-corrected chi connectivity index (χ4v) is 3.25. The minimum Gasteiger partial charge on any atom is -0.508 e. The van der Waals surface area contributed by atoms with Gasteiger partial charge in [0.15, 0.2) is 0 Å². The largest absolute Gasteiger partial charge is 0.508 e. The third kappa shape index (κ3) is 5.07. The highest BCUT2D eigenvalue weighted by Crippen LogP contribution is 2.19. The molecule has 0 radical (unpaired) electrons. The summed E-state index contributed by atoms with van der Waals surface area (Å²) in [5.74, 6) is 0.648. The van der Waals surface area contributed by atoms with E-state index in [9.17, 15) is 9.90 Å². The molecular weight excluding hydrogens is 312 g/mol. The standard InChI is InChI=1S/C21H26N2O2/c1-16-2-4-18(5-3-16)15-23-12-10-17(11-13-23)14-22-21(25)19-6-8-20(24)9-7-19/h2-9,17,24H,10-15H2,1H3,(H,22,25). The molecule has 0 aromatic heterocycles. The lowest BCUT2D eigenvalue weighted by molar-refractivity contribution is 0.0935. The molecule has 4 nitrogen and oxygen atoms in total. The lowest BCUT2D eigenvalue weighted by Crippen LogP contribution is -2.38. The monoisotopic (exact) mass is 338 g/mol. The van der Waals surface area contributed by atoms with E-state index < -0.39 is 0 Å². The van der Waals surface area contributed by atoms with Gasteiger partial charge >= 0.3 is 0 Å². The van der Waals surface area contributed by atoms with Crippen LogP contribution in [0.3, 0.4) is 0 Å². The van der Waals surface area contributed by atoms with Crippen molar-refractivity contribution < 1.29 is 9.90 Å². The summed E-state index contributed by atoms with van der Waals surface area (Å²) in [6, 6.07) is 15.1. The lowest BCUT2D eigenvalue weighted by atomic mass is 9.96. The van der Waals surface area contributed by atoms with Crippen molar-refractivity contribution in [3.8, 4) is 5.75 Å². The van der Waals surface area contributed by atoms with E-state index in [1.807, 2.05) is 0 Å². The number of carbonyl (C=O) groups excluding carboxylic acids is 1. The zero-order valence-electron chi connectivity index (χ0n) is 14.7. The number of phenolic OH excluding ortho intramolecular Hbond substituents is 1. The first kappa shape index (κ1) is 17.5. The molecule has 25 heavy (non-hydrogen) atoms. The van der Waals surface area contributed by atoms with Crippen molar-refractivity contribution in [1.82, 2.24) is 10.2 Å². The van der Waals surface area contributed by atoms with E-state index in [0.717, 1.165) is 39.0 Å². The Morgan fingerprint density at radius 2 is 1.72 bits per heavy atom. The molecule has 4 heteroatoms. The minimum absolute atomic E-state index is 0.0675. The number of rotatable bonds is 5. The second-order valence-corrected chi connectivity index (χ2v) is 6.96. The number of carbonyl (C=O) groups is 1. The Morgan fingerprint density at radius 1 is 1.08 bits per heavy atom. The molecule has 0 bridgehead atoms. The SMILES string of the molecule is Cc1ccc(CN2CCC(CNC(=O)c3ccc(O)cc3)CC2)cc1. The molecule has 0 unspecified atom stereocenters. The van der Waals surface area contributed by atoms with Gasteiger partial charge in [-0.05, 0) is 68.6 Å². The van der Waals surface area contributed by atoms with Crippen LogP contribution >= 0.6 is 0 Å². The van der Waals surface area contributed by atoms with Crippen molar-refractivity contribution in [2.75, 3.05) is 19.6 Å². The number of amides is 1. The molecule has 1 saturated heterocycles. The summed E-state index contributed by atoms with van der Waals surface area (Å²) in [6.07, 6.45) is 2.23. The number of likely N-dealkylation sites (tertiary alicyclic amines) is 1. The molecule has 2 N–H and O–H groups in total. The zero-order valence-corrected chi connectivity index (χ0v) is 14.7. The number of hydrogen-bond acceptors (Lipinski definition) is 3. The number of phenols is 1. The quantitative estimate of drug-likeness (QED) is 0.879. The normalized spacial score (nSPS) is 15.9. The number of nitrogens with one attached hydrogen (secondary N) is 1. The molecule has 0 atom stereocenters. The first-order valence-corrected chi connectivity index (χ1v) is 8.95. The summed E-state index contributed by atoms with van der Waals surface area (Å²) in [5.41, 5.74) is 3.26. The fourth-order valence-electron chi connectivity index (χ4n) is 3.25. The van der Waals surface area contributed by atoms with E-state index in [-0.39, 0.29) is 11.7 Å². The molecule has 2 aromatic rings. The second kappa shape index (κ2) is 8.17. The van der Waals surface area contributed by atoms with Crippen molar-refractivity contribution in [2.24, 2.45) is 5.92 Å². The molecule has 132 valence electrons. The van der Waals surface area contributed by atoms with Crippen molar-refractivity contribution in [1.29, 1.82) is 0 Å². The fraction of sp³-hybridized carbons (Fsp3) is 0.381. The van der Waals surface area contributed by atoms with Gasteiger partial charge in [-0.3, -0.25) is 9.69 Å². The molecule has 1 fully saturated rings. The molecule has 0 spiro atoms. The summed E-state index contributed by atoms with van der Waals surface area (Å²) in [7, 11) is 0. The van der Waals surface area contributed by atoms with E-state index in [1.165, 1.54) is 11.1 Å². The van der Waals surface area contributed by atoms with Crippen molar-refractivity contribution >= 4 is 5.91 Å². The Balaban J connectivity index is 1.41. The third-order valence-electron chi connectivity index (χ3n) is 4.91. The summed E-state index contributed by atoms with van der Waals surface area (Å²) >= 11 is 0. The van der Waals surface area contributed by atoms with Gasteiger partial charge in [-0.15, -0.1) is 0 Å². The van der Waals surface area contributed by atoms with Crippen LogP contribution in [-0.4, -0.2) is 35.5 Å². The summed E-state index contributed by atoms with van der Waals surface area (Å²) in [6.45, 7) is 5.99. The van der Waals surface area contributed by atoms with Gasteiger partial charge in [0.25, 0.3) is 5.91 Å². The van der Waals surface area contributed by atoms with Crippen LogP contribution in [0.2, 0.25) is 0 Å². The molecule has 1 aliphatic rings. The lowest BCUT2D eigenvalue weighted by Gasteiger charge is -2.32. The summed E-state index contributed by atoms with van der Waals surface area (Å²) in [4.78, 5) is 14.6. The number of aryl methyl sites for hydroxylation is 1. The minimum atomic E-state index is -0.0675. The van der Waals surface area contributed by atoms with Crippen molar-refractivity contribution in [3.05, 3.63) is 65.2 Å². The Kier molecular flexibility index (Phi) is 5.71. The molecule has 1 aliphatic heterocycles. The highest BCUT2D eigenvalue weighted by molar-refractivity contribution is 5.94. The van der Waals surface area contributed by atoms with E-state index in [0.29, 0.717) is 11.5 Å². The summed E-state index contributed by atoms with van der Waals surface area (Å²) in [5, 5.41) is 12.3. The van der Waals surface area contributed by atoms with Gasteiger partial charge in [-0.25, -0.2) is 0 Å².